The molecule has 1 amide bonds. The topological polar surface area (TPSA) is 64.2 Å². The molecule has 0 spiro atoms. The van der Waals surface area contributed by atoms with Crippen molar-refractivity contribution in [3.05, 3.63) is 101 Å². The molecule has 4 aromatic rings. The van der Waals surface area contributed by atoms with Gasteiger partial charge in [-0.1, -0.05) is 74.0 Å². The summed E-state index contributed by atoms with van der Waals surface area (Å²) in [5, 5.41) is 0. The molecule has 0 aliphatic rings. The lowest BCUT2D eigenvalue weighted by Gasteiger charge is -2.34. The van der Waals surface area contributed by atoms with Gasteiger partial charge in [-0.05, 0) is 62.1 Å². The Hall–Kier alpha value is -3.44. The molecule has 182 valence electrons. The molecule has 5 heteroatoms. The van der Waals surface area contributed by atoms with Gasteiger partial charge in [-0.3, -0.25) is 4.79 Å². The second-order valence-electron chi connectivity index (χ2n) is 9.68. The largest absolute Gasteiger partial charge is 0.330 e. The van der Waals surface area contributed by atoms with Crippen molar-refractivity contribution in [2.24, 2.45) is 11.7 Å². The van der Waals surface area contributed by atoms with Crippen LogP contribution in [0, 0.1) is 19.8 Å². The first-order chi connectivity index (χ1) is 16.9. The van der Waals surface area contributed by atoms with E-state index in [0.29, 0.717) is 25.2 Å². The average molecular weight is 469 g/mol. The second kappa shape index (κ2) is 10.9. The Morgan fingerprint density at radius 3 is 2.34 bits per heavy atom. The summed E-state index contributed by atoms with van der Waals surface area (Å²) >= 11 is 0. The molecular formula is C30H36N4O. The summed E-state index contributed by atoms with van der Waals surface area (Å²) in [6.45, 7) is 10.3. The minimum Gasteiger partial charge on any atom is -0.330 e. The number of hydrogen-bond donors (Lipinski definition) is 1. The molecule has 5 nitrogen and oxygen atoms in total. The molecule has 1 heterocycles. The molecule has 4 rings (SSSR count). The first-order valence-corrected chi connectivity index (χ1v) is 12.5. The van der Waals surface area contributed by atoms with Crippen molar-refractivity contribution in [1.82, 2.24) is 14.5 Å². The number of amides is 1. The lowest BCUT2D eigenvalue weighted by Crippen LogP contribution is -2.40. The monoisotopic (exact) mass is 468 g/mol. The van der Waals surface area contributed by atoms with Crippen LogP contribution in [0.4, 0.5) is 0 Å². The highest BCUT2D eigenvalue weighted by molar-refractivity contribution is 5.94. The van der Waals surface area contributed by atoms with Crippen LogP contribution >= 0.6 is 0 Å². The maximum atomic E-state index is 13.9. The van der Waals surface area contributed by atoms with Crippen LogP contribution in [0.1, 0.15) is 59.2 Å². The van der Waals surface area contributed by atoms with Crippen LogP contribution in [-0.2, 0) is 6.54 Å². The predicted molar refractivity (Wildman–Crippen MR) is 143 cm³/mol. The maximum Gasteiger partial charge on any atom is 0.254 e. The average Bonchev–Trinajstić information content (AvgIpc) is 3.21. The number of hydrogen-bond acceptors (Lipinski definition) is 3. The Kier molecular flexibility index (Phi) is 7.67. The normalized spacial score (nSPS) is 12.3. The maximum absolute atomic E-state index is 13.9. The van der Waals surface area contributed by atoms with Gasteiger partial charge in [0.05, 0.1) is 17.1 Å². The number of nitrogens with two attached hydrogens (primary N) is 1. The first-order valence-electron chi connectivity index (χ1n) is 12.5. The van der Waals surface area contributed by atoms with Crippen molar-refractivity contribution in [3.8, 4) is 0 Å². The fraction of sp³-hybridized carbons (Fsp3) is 0.333. The number of aromatic nitrogens is 2. The van der Waals surface area contributed by atoms with E-state index in [4.69, 9.17) is 10.7 Å². The molecule has 1 unspecified atom stereocenters. The molecule has 2 N–H and O–H groups in total. The molecule has 0 aliphatic heterocycles. The van der Waals surface area contributed by atoms with E-state index in [1.807, 2.05) is 42.2 Å². The second-order valence-corrected chi connectivity index (χ2v) is 9.68. The number of rotatable bonds is 9. The van der Waals surface area contributed by atoms with Crippen molar-refractivity contribution in [2.75, 3.05) is 13.1 Å². The number of fused-ring (bicyclic) bond motifs is 1. The van der Waals surface area contributed by atoms with E-state index < -0.39 is 0 Å². The highest BCUT2D eigenvalue weighted by Crippen LogP contribution is 2.33. The van der Waals surface area contributed by atoms with Crippen LogP contribution in [0.25, 0.3) is 11.0 Å². The zero-order valence-electron chi connectivity index (χ0n) is 21.2. The Morgan fingerprint density at radius 1 is 0.971 bits per heavy atom. The number of nitrogens with zero attached hydrogens (tertiary/aromatic N) is 3. The van der Waals surface area contributed by atoms with Crippen LogP contribution in [0.5, 0.6) is 0 Å². The van der Waals surface area contributed by atoms with E-state index >= 15 is 0 Å². The van der Waals surface area contributed by atoms with E-state index in [1.54, 1.807) is 0 Å². The van der Waals surface area contributed by atoms with Crippen molar-refractivity contribution in [3.63, 3.8) is 0 Å². The Balaban J connectivity index is 1.87. The molecule has 0 saturated carbocycles. The highest BCUT2D eigenvalue weighted by Gasteiger charge is 2.33. The van der Waals surface area contributed by atoms with Gasteiger partial charge in [0.1, 0.15) is 5.82 Å². The van der Waals surface area contributed by atoms with Crippen molar-refractivity contribution < 1.29 is 4.79 Å². The number of para-hydroxylation sites is 1. The van der Waals surface area contributed by atoms with E-state index in [2.05, 4.69) is 67.8 Å². The van der Waals surface area contributed by atoms with Gasteiger partial charge in [0.15, 0.2) is 0 Å². The van der Waals surface area contributed by atoms with Crippen LogP contribution in [0.3, 0.4) is 0 Å². The van der Waals surface area contributed by atoms with Gasteiger partial charge < -0.3 is 15.2 Å². The molecule has 0 fully saturated rings. The summed E-state index contributed by atoms with van der Waals surface area (Å²) < 4.78 is 2.29. The first kappa shape index (κ1) is 24.7. The molecule has 0 radical (unpaired) electrons. The van der Waals surface area contributed by atoms with Crippen molar-refractivity contribution in [2.45, 2.75) is 46.7 Å². The standard InChI is InChI=1S/C30H36N4O/c1-21(2)28(33(19-9-18-31)30(35)25-16-14-22(3)15-17-25)29-32-27-23(4)10-8-13-26(27)34(29)20-24-11-6-5-7-12-24/h5-8,10-17,21,28H,9,18-20,31H2,1-4H3. The number of aryl methyl sites for hydroxylation is 2. The summed E-state index contributed by atoms with van der Waals surface area (Å²) in [5.41, 5.74) is 12.2. The summed E-state index contributed by atoms with van der Waals surface area (Å²) in [7, 11) is 0. The summed E-state index contributed by atoms with van der Waals surface area (Å²) in [6, 6.07) is 24.4. The third-order valence-electron chi connectivity index (χ3n) is 6.59. The Labute approximate surface area is 208 Å². The molecule has 1 aromatic heterocycles. The number of benzene rings is 3. The minimum absolute atomic E-state index is 0.0205. The summed E-state index contributed by atoms with van der Waals surface area (Å²) in [5.74, 6) is 1.10. The van der Waals surface area contributed by atoms with E-state index in [-0.39, 0.29) is 17.9 Å². The predicted octanol–water partition coefficient (Wildman–Crippen LogP) is 5.89. The Morgan fingerprint density at radius 2 is 1.69 bits per heavy atom. The van der Waals surface area contributed by atoms with Crippen molar-refractivity contribution in [1.29, 1.82) is 0 Å². The minimum atomic E-state index is -0.189. The molecule has 3 aromatic carbocycles. The SMILES string of the molecule is Cc1ccc(C(=O)N(CCCN)C(c2nc3c(C)cccc3n2Cc2ccccc2)C(C)C)cc1. The highest BCUT2D eigenvalue weighted by atomic mass is 16.2. The van der Waals surface area contributed by atoms with E-state index in [1.165, 1.54) is 5.56 Å². The van der Waals surface area contributed by atoms with Gasteiger partial charge in [-0.25, -0.2) is 4.98 Å². The van der Waals surface area contributed by atoms with E-state index in [0.717, 1.165) is 34.4 Å². The quantitative estimate of drug-likeness (QED) is 0.333. The van der Waals surface area contributed by atoms with Crippen LogP contribution in [0.2, 0.25) is 0 Å². The van der Waals surface area contributed by atoms with Crippen LogP contribution < -0.4 is 5.73 Å². The van der Waals surface area contributed by atoms with Gasteiger partial charge in [-0.15, -0.1) is 0 Å². The number of imidazole rings is 1. The van der Waals surface area contributed by atoms with Crippen molar-refractivity contribution >= 4 is 16.9 Å². The molecule has 35 heavy (non-hydrogen) atoms. The smallest absolute Gasteiger partial charge is 0.254 e. The number of carbonyl (C=O) groups excluding carboxylic acids is 1. The molecular weight excluding hydrogens is 432 g/mol. The fourth-order valence-corrected chi connectivity index (χ4v) is 4.75. The van der Waals surface area contributed by atoms with Gasteiger partial charge in [-0.2, -0.15) is 0 Å². The zero-order valence-corrected chi connectivity index (χ0v) is 21.2. The lowest BCUT2D eigenvalue weighted by molar-refractivity contribution is 0.0605. The third kappa shape index (κ3) is 5.30. The van der Waals surface area contributed by atoms with Gasteiger partial charge in [0.2, 0.25) is 0 Å². The summed E-state index contributed by atoms with van der Waals surface area (Å²) in [4.78, 5) is 21.1. The van der Waals surface area contributed by atoms with Crippen LogP contribution in [0.15, 0.2) is 72.8 Å². The molecule has 0 bridgehead atoms. The number of carbonyl (C=O) groups is 1. The molecule has 0 aliphatic carbocycles. The Bertz CT molecular complexity index is 1280. The van der Waals surface area contributed by atoms with Crippen LogP contribution in [-0.4, -0.2) is 33.4 Å². The van der Waals surface area contributed by atoms with E-state index in [9.17, 15) is 4.79 Å². The molecule has 0 saturated heterocycles. The third-order valence-corrected chi connectivity index (χ3v) is 6.59. The van der Waals surface area contributed by atoms with Gasteiger partial charge >= 0.3 is 0 Å². The summed E-state index contributed by atoms with van der Waals surface area (Å²) in [6.07, 6.45) is 0.735. The van der Waals surface area contributed by atoms with Gasteiger partial charge in [0.25, 0.3) is 5.91 Å². The molecule has 1 atom stereocenters. The van der Waals surface area contributed by atoms with Gasteiger partial charge in [0, 0.05) is 18.7 Å². The fourth-order valence-electron chi connectivity index (χ4n) is 4.75. The lowest BCUT2D eigenvalue weighted by atomic mass is 9.99. The zero-order chi connectivity index (χ0) is 24.9.